The highest BCUT2D eigenvalue weighted by atomic mass is 127. The van der Waals surface area contributed by atoms with Crippen molar-refractivity contribution in [1.82, 2.24) is 15.1 Å². The van der Waals surface area contributed by atoms with E-state index in [4.69, 9.17) is 4.99 Å². The van der Waals surface area contributed by atoms with Crippen molar-refractivity contribution in [2.24, 2.45) is 4.99 Å². The molecule has 1 aliphatic heterocycles. The molecule has 0 spiro atoms. The minimum Gasteiger partial charge on any atom is -0.355 e. The van der Waals surface area contributed by atoms with Crippen LogP contribution in [0.4, 0.5) is 0 Å². The Balaban J connectivity index is 0.00000242. The monoisotopic (exact) mass is 416 g/mol. The predicted octanol–water partition coefficient (Wildman–Crippen LogP) is 2.80. The van der Waals surface area contributed by atoms with Crippen LogP contribution in [-0.2, 0) is 6.54 Å². The number of aliphatic imine (C=N–C) groups is 1. The fourth-order valence-electron chi connectivity index (χ4n) is 2.86. The lowest BCUT2D eigenvalue weighted by atomic mass is 10.2. The summed E-state index contributed by atoms with van der Waals surface area (Å²) >= 11 is 0. The van der Waals surface area contributed by atoms with Crippen molar-refractivity contribution in [2.45, 2.75) is 32.4 Å². The SMILES string of the molecule is CCN1CCCC1CNC(=NCc1ccccc1)N(C)C.I. The first kappa shape index (κ1) is 19.2. The van der Waals surface area contributed by atoms with Crippen molar-refractivity contribution in [3.8, 4) is 0 Å². The van der Waals surface area contributed by atoms with Crippen LogP contribution in [0.15, 0.2) is 35.3 Å². The number of likely N-dealkylation sites (N-methyl/N-ethyl adjacent to an activating group) is 1. The quantitative estimate of drug-likeness (QED) is 0.455. The topological polar surface area (TPSA) is 30.9 Å². The molecule has 0 amide bonds. The Kier molecular flexibility index (Phi) is 8.78. The van der Waals surface area contributed by atoms with E-state index in [0.717, 1.165) is 25.6 Å². The van der Waals surface area contributed by atoms with E-state index in [-0.39, 0.29) is 24.0 Å². The Labute approximate surface area is 152 Å². The third-order valence-electron chi connectivity index (χ3n) is 4.08. The lowest BCUT2D eigenvalue weighted by Crippen LogP contribution is -2.44. The zero-order valence-electron chi connectivity index (χ0n) is 14.0. The van der Waals surface area contributed by atoms with E-state index in [1.54, 1.807) is 0 Å². The van der Waals surface area contributed by atoms with E-state index >= 15 is 0 Å². The molecule has 4 nitrogen and oxygen atoms in total. The van der Waals surface area contributed by atoms with E-state index in [1.807, 2.05) is 20.2 Å². The third kappa shape index (κ3) is 5.76. The van der Waals surface area contributed by atoms with Crippen molar-refractivity contribution < 1.29 is 0 Å². The highest BCUT2D eigenvalue weighted by Gasteiger charge is 2.22. The summed E-state index contributed by atoms with van der Waals surface area (Å²) in [5.74, 6) is 0.974. The molecule has 1 unspecified atom stereocenters. The van der Waals surface area contributed by atoms with Crippen LogP contribution < -0.4 is 5.32 Å². The van der Waals surface area contributed by atoms with Gasteiger partial charge in [0.1, 0.15) is 0 Å². The zero-order chi connectivity index (χ0) is 15.1. The Morgan fingerprint density at radius 1 is 1.32 bits per heavy atom. The largest absolute Gasteiger partial charge is 0.355 e. The molecule has 1 fully saturated rings. The van der Waals surface area contributed by atoms with E-state index < -0.39 is 0 Å². The van der Waals surface area contributed by atoms with Gasteiger partial charge < -0.3 is 10.2 Å². The summed E-state index contributed by atoms with van der Waals surface area (Å²) in [5.41, 5.74) is 1.25. The fraction of sp³-hybridized carbons (Fsp3) is 0.588. The predicted molar refractivity (Wildman–Crippen MR) is 105 cm³/mol. The maximum Gasteiger partial charge on any atom is 0.193 e. The molecular weight excluding hydrogens is 387 g/mol. The second kappa shape index (κ2) is 10.0. The van der Waals surface area contributed by atoms with Crippen molar-refractivity contribution in [3.05, 3.63) is 35.9 Å². The van der Waals surface area contributed by atoms with Crippen LogP contribution in [0.1, 0.15) is 25.3 Å². The Hall–Kier alpha value is -0.820. The van der Waals surface area contributed by atoms with Gasteiger partial charge in [-0.05, 0) is 31.5 Å². The Bertz CT molecular complexity index is 447. The summed E-state index contributed by atoms with van der Waals surface area (Å²) in [7, 11) is 4.09. The van der Waals surface area contributed by atoms with Crippen LogP contribution in [0.3, 0.4) is 0 Å². The van der Waals surface area contributed by atoms with Gasteiger partial charge in [0.25, 0.3) is 0 Å². The number of hydrogen-bond donors (Lipinski definition) is 1. The average Bonchev–Trinajstić information content (AvgIpc) is 2.95. The summed E-state index contributed by atoms with van der Waals surface area (Å²) < 4.78 is 0. The molecule has 1 heterocycles. The van der Waals surface area contributed by atoms with Gasteiger partial charge in [0.05, 0.1) is 6.54 Å². The molecule has 0 bridgehead atoms. The van der Waals surface area contributed by atoms with Gasteiger partial charge in [-0.2, -0.15) is 0 Å². The minimum absolute atomic E-state index is 0. The molecule has 0 aliphatic carbocycles. The molecule has 1 aromatic rings. The lowest BCUT2D eigenvalue weighted by molar-refractivity contribution is 0.266. The summed E-state index contributed by atoms with van der Waals surface area (Å²) in [4.78, 5) is 9.33. The third-order valence-corrected chi connectivity index (χ3v) is 4.08. The summed E-state index contributed by atoms with van der Waals surface area (Å²) in [6.45, 7) is 6.34. The van der Waals surface area contributed by atoms with E-state index in [1.165, 1.54) is 24.9 Å². The van der Waals surface area contributed by atoms with E-state index in [2.05, 4.69) is 46.3 Å². The molecular formula is C17H29IN4. The van der Waals surface area contributed by atoms with Crippen molar-refractivity contribution in [1.29, 1.82) is 0 Å². The maximum atomic E-state index is 4.72. The van der Waals surface area contributed by atoms with E-state index in [0.29, 0.717) is 6.04 Å². The molecule has 1 N–H and O–H groups in total. The van der Waals surface area contributed by atoms with Crippen molar-refractivity contribution >= 4 is 29.9 Å². The summed E-state index contributed by atoms with van der Waals surface area (Å²) in [6.07, 6.45) is 2.61. The maximum absolute atomic E-state index is 4.72. The number of likely N-dealkylation sites (tertiary alicyclic amines) is 1. The first-order valence-corrected chi connectivity index (χ1v) is 7.94. The second-order valence-electron chi connectivity index (χ2n) is 5.83. The van der Waals surface area contributed by atoms with Crippen LogP contribution in [0.25, 0.3) is 0 Å². The van der Waals surface area contributed by atoms with Crippen LogP contribution in [-0.4, -0.2) is 55.5 Å². The minimum atomic E-state index is 0. The smallest absolute Gasteiger partial charge is 0.193 e. The van der Waals surface area contributed by atoms with Gasteiger partial charge in [-0.15, -0.1) is 24.0 Å². The molecule has 1 aliphatic rings. The summed E-state index contributed by atoms with van der Waals surface area (Å²) in [6, 6.07) is 11.0. The first-order valence-electron chi connectivity index (χ1n) is 7.94. The molecule has 1 atom stereocenters. The van der Waals surface area contributed by atoms with Gasteiger partial charge >= 0.3 is 0 Å². The summed E-state index contributed by atoms with van der Waals surface area (Å²) in [5, 5.41) is 3.53. The zero-order valence-corrected chi connectivity index (χ0v) is 16.3. The number of benzene rings is 1. The second-order valence-corrected chi connectivity index (χ2v) is 5.83. The normalized spacial score (nSPS) is 18.9. The number of hydrogen-bond acceptors (Lipinski definition) is 2. The molecule has 124 valence electrons. The van der Waals surface area contributed by atoms with Crippen LogP contribution in [0.5, 0.6) is 0 Å². The standard InChI is InChI=1S/C17H28N4.HI/c1-4-21-12-8-11-16(21)14-19-17(20(2)3)18-13-15-9-6-5-7-10-15;/h5-7,9-10,16H,4,8,11-14H2,1-3H3,(H,18,19);1H. The molecule has 0 radical (unpaired) electrons. The number of nitrogens with zero attached hydrogens (tertiary/aromatic N) is 3. The van der Waals surface area contributed by atoms with Crippen LogP contribution >= 0.6 is 24.0 Å². The van der Waals surface area contributed by atoms with Crippen molar-refractivity contribution in [3.63, 3.8) is 0 Å². The average molecular weight is 416 g/mol. The van der Waals surface area contributed by atoms with Gasteiger partial charge in [0.2, 0.25) is 0 Å². The fourth-order valence-corrected chi connectivity index (χ4v) is 2.86. The highest BCUT2D eigenvalue weighted by Crippen LogP contribution is 2.15. The molecule has 1 saturated heterocycles. The van der Waals surface area contributed by atoms with Gasteiger partial charge in [0, 0.05) is 26.7 Å². The number of halogens is 1. The highest BCUT2D eigenvalue weighted by molar-refractivity contribution is 14.0. The first-order chi connectivity index (χ1) is 10.2. The molecule has 2 rings (SSSR count). The molecule has 5 heteroatoms. The Morgan fingerprint density at radius 3 is 2.68 bits per heavy atom. The number of guanidine groups is 1. The van der Waals surface area contributed by atoms with Crippen LogP contribution in [0.2, 0.25) is 0 Å². The van der Waals surface area contributed by atoms with Crippen molar-refractivity contribution in [2.75, 3.05) is 33.7 Å². The Morgan fingerprint density at radius 2 is 2.05 bits per heavy atom. The number of rotatable bonds is 5. The molecule has 22 heavy (non-hydrogen) atoms. The lowest BCUT2D eigenvalue weighted by Gasteiger charge is -2.25. The molecule has 1 aromatic carbocycles. The van der Waals surface area contributed by atoms with E-state index in [9.17, 15) is 0 Å². The van der Waals surface area contributed by atoms with Gasteiger partial charge in [-0.25, -0.2) is 4.99 Å². The van der Waals surface area contributed by atoms with Gasteiger partial charge in [-0.3, -0.25) is 4.90 Å². The van der Waals surface area contributed by atoms with Gasteiger partial charge in [-0.1, -0.05) is 37.3 Å². The van der Waals surface area contributed by atoms with Crippen LogP contribution in [0, 0.1) is 0 Å². The molecule has 0 saturated carbocycles. The van der Waals surface area contributed by atoms with Gasteiger partial charge in [0.15, 0.2) is 5.96 Å². The molecule has 0 aromatic heterocycles. The number of nitrogens with one attached hydrogen (secondary N) is 1.